The highest BCUT2D eigenvalue weighted by Gasteiger charge is 2.18. The molecule has 0 saturated heterocycles. The fraction of sp³-hybridized carbons (Fsp3) is 0.561. The molecular formula is C41H58N2O4. The molecule has 3 aromatic rings. The first kappa shape index (κ1) is 37.7. The number of unbranched alkanes of at least 4 members (excludes halogenated alkanes) is 14. The molecule has 0 aliphatic carbocycles. The maximum atomic E-state index is 10.1. The average molecular weight is 643 g/mol. The van der Waals surface area contributed by atoms with Gasteiger partial charge in [-0.2, -0.15) is 5.26 Å². The lowest BCUT2D eigenvalue weighted by Crippen LogP contribution is -2.02. The lowest BCUT2D eigenvalue weighted by molar-refractivity contribution is 0.270. The van der Waals surface area contributed by atoms with Gasteiger partial charge in [0.2, 0.25) is 5.88 Å². The van der Waals surface area contributed by atoms with Crippen LogP contribution in [0, 0.1) is 11.3 Å². The molecule has 0 unspecified atom stereocenters. The topological polar surface area (TPSA) is 73.6 Å². The standard InChI is InChI=1S/C41H58N2O4/c1-5-8-10-12-14-16-18-20-28-46-35-25-22-33(23-26-35)38-31-36(37(32-42)41(43-38)44-4)34-24-27-39(40(30-34)45-7-3)47-29-21-19-17-15-13-11-9-6-2/h22-27,30-31H,5-21,28-29H2,1-4H3. The molecule has 0 saturated carbocycles. The lowest BCUT2D eigenvalue weighted by atomic mass is 9.98. The summed E-state index contributed by atoms with van der Waals surface area (Å²) in [4.78, 5) is 4.69. The molecule has 256 valence electrons. The van der Waals surface area contributed by atoms with Crippen LogP contribution in [0.1, 0.15) is 129 Å². The zero-order chi connectivity index (χ0) is 33.5. The van der Waals surface area contributed by atoms with Crippen molar-refractivity contribution in [2.45, 2.75) is 124 Å². The number of nitriles is 1. The van der Waals surface area contributed by atoms with Crippen LogP contribution in [0.2, 0.25) is 0 Å². The van der Waals surface area contributed by atoms with Crippen molar-refractivity contribution in [2.75, 3.05) is 26.9 Å². The predicted molar refractivity (Wildman–Crippen MR) is 194 cm³/mol. The van der Waals surface area contributed by atoms with E-state index in [9.17, 15) is 5.26 Å². The van der Waals surface area contributed by atoms with E-state index in [1.165, 1.54) is 89.9 Å². The van der Waals surface area contributed by atoms with Crippen LogP contribution >= 0.6 is 0 Å². The number of pyridine rings is 1. The second kappa shape index (κ2) is 22.7. The summed E-state index contributed by atoms with van der Waals surface area (Å²) >= 11 is 0. The van der Waals surface area contributed by atoms with E-state index in [1.54, 1.807) is 7.11 Å². The van der Waals surface area contributed by atoms with Gasteiger partial charge in [0.25, 0.3) is 0 Å². The number of hydrogen-bond acceptors (Lipinski definition) is 6. The summed E-state index contributed by atoms with van der Waals surface area (Å²) in [6, 6.07) is 18.1. The van der Waals surface area contributed by atoms with Crippen molar-refractivity contribution in [3.8, 4) is 51.6 Å². The molecule has 0 amide bonds. The van der Waals surface area contributed by atoms with Crippen molar-refractivity contribution in [3.63, 3.8) is 0 Å². The molecule has 0 fully saturated rings. The largest absolute Gasteiger partial charge is 0.494 e. The van der Waals surface area contributed by atoms with Crippen molar-refractivity contribution < 1.29 is 18.9 Å². The summed E-state index contributed by atoms with van der Waals surface area (Å²) in [5.41, 5.74) is 3.61. The van der Waals surface area contributed by atoms with Crippen LogP contribution in [0.4, 0.5) is 0 Å². The molecule has 0 spiro atoms. The summed E-state index contributed by atoms with van der Waals surface area (Å²) in [6.45, 7) is 8.37. The number of aromatic nitrogens is 1. The van der Waals surface area contributed by atoms with Gasteiger partial charge in [-0.15, -0.1) is 0 Å². The zero-order valence-electron chi connectivity index (χ0n) is 29.6. The number of nitrogens with zero attached hydrogens (tertiary/aromatic N) is 2. The Hall–Kier alpha value is -3.72. The summed E-state index contributed by atoms with van der Waals surface area (Å²) in [5, 5.41) is 10.1. The molecule has 6 nitrogen and oxygen atoms in total. The van der Waals surface area contributed by atoms with Gasteiger partial charge < -0.3 is 18.9 Å². The van der Waals surface area contributed by atoms with Gasteiger partial charge in [-0.05, 0) is 67.8 Å². The Balaban J connectivity index is 1.66. The number of hydrogen-bond donors (Lipinski definition) is 0. The summed E-state index contributed by atoms with van der Waals surface area (Å²) < 4.78 is 23.8. The number of benzene rings is 2. The van der Waals surface area contributed by atoms with E-state index in [-0.39, 0.29) is 0 Å². The van der Waals surface area contributed by atoms with E-state index >= 15 is 0 Å². The Morgan fingerprint density at radius 2 is 1.15 bits per heavy atom. The Bertz CT molecular complexity index is 1330. The fourth-order valence-corrected chi connectivity index (χ4v) is 5.78. The third-order valence-electron chi connectivity index (χ3n) is 8.52. The van der Waals surface area contributed by atoms with Crippen LogP contribution in [-0.4, -0.2) is 31.9 Å². The zero-order valence-corrected chi connectivity index (χ0v) is 29.6. The van der Waals surface area contributed by atoms with Crippen LogP contribution < -0.4 is 18.9 Å². The van der Waals surface area contributed by atoms with Gasteiger partial charge in [0, 0.05) is 11.1 Å². The molecule has 47 heavy (non-hydrogen) atoms. The average Bonchev–Trinajstić information content (AvgIpc) is 3.10. The quantitative estimate of drug-likeness (QED) is 0.0856. The van der Waals surface area contributed by atoms with Crippen LogP contribution in [0.15, 0.2) is 48.5 Å². The summed E-state index contributed by atoms with van der Waals surface area (Å²) in [5.74, 6) is 2.54. The lowest BCUT2D eigenvalue weighted by Gasteiger charge is -2.16. The van der Waals surface area contributed by atoms with Gasteiger partial charge in [-0.3, -0.25) is 0 Å². The molecule has 0 N–H and O–H groups in total. The van der Waals surface area contributed by atoms with E-state index in [0.717, 1.165) is 53.3 Å². The first-order valence-electron chi connectivity index (χ1n) is 18.3. The maximum Gasteiger partial charge on any atom is 0.232 e. The molecule has 0 aliphatic heterocycles. The molecule has 0 radical (unpaired) electrons. The minimum absolute atomic E-state index is 0.294. The van der Waals surface area contributed by atoms with Crippen molar-refractivity contribution in [1.29, 1.82) is 5.26 Å². The monoisotopic (exact) mass is 642 g/mol. The van der Waals surface area contributed by atoms with E-state index < -0.39 is 0 Å². The van der Waals surface area contributed by atoms with Gasteiger partial charge in [-0.25, -0.2) is 4.98 Å². The smallest absolute Gasteiger partial charge is 0.232 e. The highest BCUT2D eigenvalue weighted by Crippen LogP contribution is 2.38. The van der Waals surface area contributed by atoms with Crippen LogP contribution in [0.5, 0.6) is 23.1 Å². The molecule has 1 aromatic heterocycles. The van der Waals surface area contributed by atoms with Crippen LogP contribution in [0.3, 0.4) is 0 Å². The second-order valence-electron chi connectivity index (χ2n) is 12.3. The highest BCUT2D eigenvalue weighted by molar-refractivity contribution is 5.79. The molecule has 2 aromatic carbocycles. The van der Waals surface area contributed by atoms with Crippen molar-refractivity contribution in [3.05, 3.63) is 54.1 Å². The molecule has 0 bridgehead atoms. The van der Waals surface area contributed by atoms with E-state index in [2.05, 4.69) is 19.9 Å². The normalized spacial score (nSPS) is 10.9. The van der Waals surface area contributed by atoms with Crippen molar-refractivity contribution >= 4 is 0 Å². The Morgan fingerprint density at radius 1 is 0.596 bits per heavy atom. The molecule has 1 heterocycles. The number of ether oxygens (including phenoxy) is 4. The van der Waals surface area contributed by atoms with E-state index in [0.29, 0.717) is 30.4 Å². The highest BCUT2D eigenvalue weighted by atomic mass is 16.5. The molecular weight excluding hydrogens is 584 g/mol. The number of rotatable bonds is 25. The summed E-state index contributed by atoms with van der Waals surface area (Å²) in [6.07, 6.45) is 20.3. The van der Waals surface area contributed by atoms with Crippen molar-refractivity contribution in [2.24, 2.45) is 0 Å². The van der Waals surface area contributed by atoms with E-state index in [4.69, 9.17) is 23.9 Å². The van der Waals surface area contributed by atoms with E-state index in [1.807, 2.05) is 55.5 Å². The second-order valence-corrected chi connectivity index (χ2v) is 12.3. The van der Waals surface area contributed by atoms with Crippen LogP contribution in [0.25, 0.3) is 22.4 Å². The summed E-state index contributed by atoms with van der Waals surface area (Å²) in [7, 11) is 1.55. The predicted octanol–water partition coefficient (Wildman–Crippen LogP) is 11.7. The van der Waals surface area contributed by atoms with Crippen LogP contribution in [-0.2, 0) is 0 Å². The molecule has 6 heteroatoms. The molecule has 0 aliphatic rings. The third-order valence-corrected chi connectivity index (χ3v) is 8.52. The number of methoxy groups -OCH3 is 1. The minimum Gasteiger partial charge on any atom is -0.494 e. The van der Waals surface area contributed by atoms with Gasteiger partial charge in [0.15, 0.2) is 11.5 Å². The third kappa shape index (κ3) is 13.1. The van der Waals surface area contributed by atoms with Crippen molar-refractivity contribution in [1.82, 2.24) is 4.98 Å². The Kier molecular flexibility index (Phi) is 18.3. The Morgan fingerprint density at radius 3 is 1.70 bits per heavy atom. The first-order chi connectivity index (χ1) is 23.1. The fourth-order valence-electron chi connectivity index (χ4n) is 5.78. The van der Waals surface area contributed by atoms with Gasteiger partial charge in [0.05, 0.1) is 32.6 Å². The Labute approximate surface area is 284 Å². The SMILES string of the molecule is CCCCCCCCCCOc1ccc(-c2cc(-c3ccc(OCCCCCCCCCC)c(OCC)c3)c(C#N)c(OC)n2)cc1. The van der Waals surface area contributed by atoms with Gasteiger partial charge in [-0.1, -0.05) is 110 Å². The van der Waals surface area contributed by atoms with Gasteiger partial charge in [0.1, 0.15) is 17.4 Å². The van der Waals surface area contributed by atoms with Gasteiger partial charge >= 0.3 is 0 Å². The maximum absolute atomic E-state index is 10.1. The molecule has 3 rings (SSSR count). The first-order valence-corrected chi connectivity index (χ1v) is 18.3. The minimum atomic E-state index is 0.294. The molecule has 0 atom stereocenters.